The maximum atomic E-state index is 12.2. The first kappa shape index (κ1) is 19.1. The van der Waals surface area contributed by atoms with Crippen LogP contribution in [0.4, 0.5) is 0 Å². The molecule has 0 saturated heterocycles. The summed E-state index contributed by atoms with van der Waals surface area (Å²) in [6.45, 7) is 2.25. The molecule has 3 nitrogen and oxygen atoms in total. The van der Waals surface area contributed by atoms with Crippen LogP contribution in [-0.4, -0.2) is 33.0 Å². The number of rotatable bonds is 7. The number of fused-ring (bicyclic) bond motifs is 1. The summed E-state index contributed by atoms with van der Waals surface area (Å²) in [7, 11) is -0.648. The van der Waals surface area contributed by atoms with Crippen LogP contribution < -0.4 is 5.73 Å². The molecule has 1 aromatic rings. The topological polar surface area (TPSA) is 63.3 Å². The van der Waals surface area contributed by atoms with Gasteiger partial charge in [0, 0.05) is 27.8 Å². The smallest absolute Gasteiger partial charge is 0.0611 e. The molecule has 1 aromatic carbocycles. The minimum absolute atomic E-state index is 0.0886. The van der Waals surface area contributed by atoms with Gasteiger partial charge in [-0.15, -0.1) is 0 Å². The standard InChI is InChI=1S/C21H33NO2S/c1-2-3-10-25(24)14-16-4-5-18-12-19(7-6-17(18)11-16)20-8-9-21(22,13-20)15-23/h6-7,12,16,20,23H,2-5,8-11,13-15,22H2,1H3/t16-,20+,21-,25?/m1/s1. The lowest BCUT2D eigenvalue weighted by Crippen LogP contribution is -2.40. The largest absolute Gasteiger partial charge is 0.394 e. The Morgan fingerprint density at radius 3 is 2.88 bits per heavy atom. The predicted molar refractivity (Wildman–Crippen MR) is 105 cm³/mol. The third kappa shape index (κ3) is 4.72. The van der Waals surface area contributed by atoms with Crippen LogP contribution in [0.5, 0.6) is 0 Å². The molecule has 25 heavy (non-hydrogen) atoms. The van der Waals surface area contributed by atoms with Crippen LogP contribution in [0.2, 0.25) is 0 Å². The van der Waals surface area contributed by atoms with Gasteiger partial charge in [0.25, 0.3) is 0 Å². The number of hydrogen-bond acceptors (Lipinski definition) is 3. The lowest BCUT2D eigenvalue weighted by Gasteiger charge is -2.26. The highest BCUT2D eigenvalue weighted by Crippen LogP contribution is 2.40. The normalized spacial score (nSPS) is 30.2. The molecule has 0 radical (unpaired) electrons. The first-order valence-electron chi connectivity index (χ1n) is 9.89. The number of aliphatic hydroxyl groups excluding tert-OH is 1. The molecule has 0 aromatic heterocycles. The fourth-order valence-electron chi connectivity index (χ4n) is 4.48. The third-order valence-electron chi connectivity index (χ3n) is 6.14. The summed E-state index contributed by atoms with van der Waals surface area (Å²) in [5.41, 5.74) is 10.2. The van der Waals surface area contributed by atoms with E-state index >= 15 is 0 Å². The molecule has 0 heterocycles. The molecule has 0 aliphatic heterocycles. The molecular weight excluding hydrogens is 330 g/mol. The van der Waals surface area contributed by atoms with Crippen LogP contribution in [0.1, 0.15) is 68.1 Å². The van der Waals surface area contributed by atoms with Gasteiger partial charge in [-0.2, -0.15) is 0 Å². The van der Waals surface area contributed by atoms with Crippen molar-refractivity contribution in [2.24, 2.45) is 11.7 Å². The van der Waals surface area contributed by atoms with Crippen molar-refractivity contribution in [2.75, 3.05) is 18.1 Å². The minimum Gasteiger partial charge on any atom is -0.394 e. The second-order valence-electron chi connectivity index (χ2n) is 8.26. The highest BCUT2D eigenvalue weighted by molar-refractivity contribution is 7.84. The van der Waals surface area contributed by atoms with Crippen molar-refractivity contribution in [1.82, 2.24) is 0 Å². The molecular formula is C21H33NO2S. The first-order chi connectivity index (χ1) is 12.0. The summed E-state index contributed by atoms with van der Waals surface area (Å²) in [4.78, 5) is 0. The summed E-state index contributed by atoms with van der Waals surface area (Å²) in [5, 5.41) is 9.49. The average molecular weight is 364 g/mol. The lowest BCUT2D eigenvalue weighted by molar-refractivity contribution is 0.198. The Kier molecular flexibility index (Phi) is 6.35. The number of unbranched alkanes of at least 4 members (excludes halogenated alkanes) is 1. The molecule has 1 fully saturated rings. The van der Waals surface area contributed by atoms with E-state index in [9.17, 15) is 9.32 Å². The van der Waals surface area contributed by atoms with Crippen molar-refractivity contribution in [3.05, 3.63) is 34.9 Å². The van der Waals surface area contributed by atoms with Crippen molar-refractivity contribution in [3.8, 4) is 0 Å². The lowest BCUT2D eigenvalue weighted by atomic mass is 9.82. The second kappa shape index (κ2) is 8.32. The van der Waals surface area contributed by atoms with E-state index < -0.39 is 10.8 Å². The molecule has 3 N–H and O–H groups in total. The van der Waals surface area contributed by atoms with Crippen LogP contribution >= 0.6 is 0 Å². The van der Waals surface area contributed by atoms with E-state index in [-0.39, 0.29) is 12.1 Å². The van der Waals surface area contributed by atoms with E-state index in [4.69, 9.17) is 5.73 Å². The quantitative estimate of drug-likeness (QED) is 0.781. The van der Waals surface area contributed by atoms with E-state index in [0.717, 1.165) is 62.9 Å². The van der Waals surface area contributed by atoms with Crippen molar-refractivity contribution in [2.45, 2.75) is 69.7 Å². The third-order valence-corrected chi connectivity index (χ3v) is 7.73. The number of benzene rings is 1. The molecule has 1 unspecified atom stereocenters. The highest BCUT2D eigenvalue weighted by Gasteiger charge is 2.36. The molecule has 4 heteroatoms. The number of nitrogens with two attached hydrogens (primary N) is 1. The van der Waals surface area contributed by atoms with Gasteiger partial charge in [-0.05, 0) is 73.5 Å². The van der Waals surface area contributed by atoms with E-state index in [1.165, 1.54) is 16.7 Å². The second-order valence-corrected chi connectivity index (χ2v) is 9.88. The summed E-state index contributed by atoms with van der Waals surface area (Å²) in [6.07, 6.45) is 8.44. The van der Waals surface area contributed by atoms with Gasteiger partial charge in [0.1, 0.15) is 0 Å². The molecule has 2 aliphatic carbocycles. The zero-order valence-electron chi connectivity index (χ0n) is 15.5. The van der Waals surface area contributed by atoms with Crippen molar-refractivity contribution in [1.29, 1.82) is 0 Å². The van der Waals surface area contributed by atoms with Crippen LogP contribution in [-0.2, 0) is 23.6 Å². The average Bonchev–Trinajstić information content (AvgIpc) is 3.02. The van der Waals surface area contributed by atoms with E-state index in [1.54, 1.807) is 0 Å². The summed E-state index contributed by atoms with van der Waals surface area (Å²) in [6, 6.07) is 6.94. The molecule has 4 atom stereocenters. The van der Waals surface area contributed by atoms with Gasteiger partial charge < -0.3 is 10.8 Å². The molecule has 3 rings (SSSR count). The summed E-state index contributed by atoms with van der Waals surface area (Å²) >= 11 is 0. The van der Waals surface area contributed by atoms with Gasteiger partial charge in [-0.25, -0.2) is 0 Å². The van der Waals surface area contributed by atoms with Crippen LogP contribution in [0.15, 0.2) is 18.2 Å². The van der Waals surface area contributed by atoms with Gasteiger partial charge in [-0.3, -0.25) is 4.21 Å². The Balaban J connectivity index is 1.61. The van der Waals surface area contributed by atoms with E-state index in [2.05, 4.69) is 25.1 Å². The van der Waals surface area contributed by atoms with Crippen LogP contribution in [0.3, 0.4) is 0 Å². The van der Waals surface area contributed by atoms with Gasteiger partial charge in [0.2, 0.25) is 0 Å². The molecule has 1 saturated carbocycles. The maximum Gasteiger partial charge on any atom is 0.0611 e. The van der Waals surface area contributed by atoms with Crippen molar-refractivity contribution in [3.63, 3.8) is 0 Å². The Labute approximate surface area is 154 Å². The van der Waals surface area contributed by atoms with E-state index in [1.807, 2.05) is 0 Å². The van der Waals surface area contributed by atoms with Crippen molar-refractivity contribution < 1.29 is 9.32 Å². The monoisotopic (exact) mass is 363 g/mol. The summed E-state index contributed by atoms with van der Waals surface area (Å²) < 4.78 is 12.2. The Morgan fingerprint density at radius 1 is 1.32 bits per heavy atom. The first-order valence-corrected chi connectivity index (χ1v) is 11.4. The Morgan fingerprint density at radius 2 is 2.16 bits per heavy atom. The Bertz CT molecular complexity index is 618. The van der Waals surface area contributed by atoms with Crippen LogP contribution in [0.25, 0.3) is 0 Å². The number of aliphatic hydroxyl groups is 1. The zero-order valence-corrected chi connectivity index (χ0v) is 16.3. The highest BCUT2D eigenvalue weighted by atomic mass is 32.2. The molecule has 0 amide bonds. The summed E-state index contributed by atoms with van der Waals surface area (Å²) in [5.74, 6) is 2.80. The van der Waals surface area contributed by atoms with Crippen molar-refractivity contribution >= 4 is 10.8 Å². The fourth-order valence-corrected chi connectivity index (χ4v) is 6.07. The molecule has 140 valence electrons. The minimum atomic E-state index is -0.648. The van der Waals surface area contributed by atoms with E-state index in [0.29, 0.717) is 11.8 Å². The predicted octanol–water partition coefficient (Wildman–Crippen LogP) is 3.30. The SMILES string of the molecule is CCCCS(=O)C[C@@H]1CCc2cc([C@H]3CC[C@](N)(CO)C3)ccc2C1. The number of aryl methyl sites for hydroxylation is 1. The zero-order chi connectivity index (χ0) is 17.9. The molecule has 0 bridgehead atoms. The van der Waals surface area contributed by atoms with Gasteiger partial charge in [-0.1, -0.05) is 31.5 Å². The molecule has 0 spiro atoms. The fraction of sp³-hybridized carbons (Fsp3) is 0.714. The number of hydrogen-bond donors (Lipinski definition) is 2. The Hall–Kier alpha value is -0.710. The maximum absolute atomic E-state index is 12.2. The van der Waals surface area contributed by atoms with Gasteiger partial charge >= 0.3 is 0 Å². The van der Waals surface area contributed by atoms with Crippen LogP contribution in [0, 0.1) is 5.92 Å². The molecule has 2 aliphatic rings. The van der Waals surface area contributed by atoms with Gasteiger partial charge in [0.05, 0.1) is 6.61 Å². The van der Waals surface area contributed by atoms with Gasteiger partial charge in [0.15, 0.2) is 0 Å².